The van der Waals surface area contributed by atoms with Crippen molar-refractivity contribution in [2.24, 2.45) is 5.92 Å². The van der Waals surface area contributed by atoms with E-state index in [1.807, 2.05) is 11.8 Å². The zero-order valence-corrected chi connectivity index (χ0v) is 10.1. The van der Waals surface area contributed by atoms with Crippen LogP contribution in [0, 0.1) is 5.92 Å². The van der Waals surface area contributed by atoms with E-state index >= 15 is 0 Å². The molecular weight excluding hydrogens is 194 g/mol. The first-order valence-corrected chi connectivity index (χ1v) is 6.94. The zero-order valence-electron chi connectivity index (χ0n) is 9.29. The van der Waals surface area contributed by atoms with Crippen molar-refractivity contribution in [2.45, 2.75) is 32.6 Å². The lowest BCUT2D eigenvalue weighted by Gasteiger charge is -2.15. The highest BCUT2D eigenvalue weighted by Gasteiger charge is 2.27. The SMILES string of the molecule is CCCC1CC(=O)N(CCCSC)C1. The molecule has 14 heavy (non-hydrogen) atoms. The second-order valence-electron chi connectivity index (χ2n) is 4.04. The summed E-state index contributed by atoms with van der Waals surface area (Å²) in [5.41, 5.74) is 0. The van der Waals surface area contributed by atoms with Crippen LogP contribution >= 0.6 is 11.8 Å². The van der Waals surface area contributed by atoms with Gasteiger partial charge in [-0.1, -0.05) is 13.3 Å². The number of rotatable bonds is 6. The Morgan fingerprint density at radius 1 is 1.57 bits per heavy atom. The van der Waals surface area contributed by atoms with Crippen molar-refractivity contribution in [1.29, 1.82) is 0 Å². The van der Waals surface area contributed by atoms with Gasteiger partial charge in [0, 0.05) is 19.5 Å². The van der Waals surface area contributed by atoms with Crippen LogP contribution in [-0.4, -0.2) is 35.9 Å². The molecule has 0 bridgehead atoms. The van der Waals surface area contributed by atoms with Gasteiger partial charge < -0.3 is 4.90 Å². The van der Waals surface area contributed by atoms with Crippen molar-refractivity contribution >= 4 is 17.7 Å². The third-order valence-corrected chi connectivity index (χ3v) is 3.46. The summed E-state index contributed by atoms with van der Waals surface area (Å²) in [5.74, 6) is 2.19. The molecule has 3 heteroatoms. The minimum Gasteiger partial charge on any atom is -0.342 e. The van der Waals surface area contributed by atoms with Crippen LogP contribution in [-0.2, 0) is 4.79 Å². The summed E-state index contributed by atoms with van der Waals surface area (Å²) in [7, 11) is 0. The zero-order chi connectivity index (χ0) is 10.4. The van der Waals surface area contributed by atoms with Gasteiger partial charge in [0.15, 0.2) is 0 Å². The van der Waals surface area contributed by atoms with E-state index in [1.54, 1.807) is 0 Å². The number of carbonyl (C=O) groups excluding carboxylic acids is 1. The molecule has 0 saturated carbocycles. The highest BCUT2D eigenvalue weighted by molar-refractivity contribution is 7.98. The molecule has 2 nitrogen and oxygen atoms in total. The van der Waals surface area contributed by atoms with Crippen molar-refractivity contribution in [3.05, 3.63) is 0 Å². The third-order valence-electron chi connectivity index (χ3n) is 2.77. The quantitative estimate of drug-likeness (QED) is 0.634. The van der Waals surface area contributed by atoms with E-state index in [2.05, 4.69) is 18.1 Å². The van der Waals surface area contributed by atoms with Crippen molar-refractivity contribution in [1.82, 2.24) is 4.90 Å². The number of nitrogens with zero attached hydrogens (tertiary/aromatic N) is 1. The molecule has 0 N–H and O–H groups in total. The van der Waals surface area contributed by atoms with E-state index in [4.69, 9.17) is 0 Å². The Balaban J connectivity index is 2.22. The fourth-order valence-corrected chi connectivity index (χ4v) is 2.49. The molecule has 1 fully saturated rings. The molecule has 0 aliphatic carbocycles. The number of carbonyl (C=O) groups is 1. The maximum absolute atomic E-state index is 11.6. The van der Waals surface area contributed by atoms with Crippen molar-refractivity contribution in [3.63, 3.8) is 0 Å². The molecule has 1 aliphatic heterocycles. The summed E-state index contributed by atoms with van der Waals surface area (Å²) in [4.78, 5) is 13.6. The predicted molar refractivity (Wildman–Crippen MR) is 62.6 cm³/mol. The fraction of sp³-hybridized carbons (Fsp3) is 0.909. The van der Waals surface area contributed by atoms with Gasteiger partial charge in [0.05, 0.1) is 0 Å². The monoisotopic (exact) mass is 215 g/mol. The minimum absolute atomic E-state index is 0.379. The first kappa shape index (κ1) is 11.9. The Labute approximate surface area is 91.4 Å². The molecule has 1 heterocycles. The van der Waals surface area contributed by atoms with Crippen molar-refractivity contribution in [2.75, 3.05) is 25.1 Å². The molecule has 1 aliphatic rings. The largest absolute Gasteiger partial charge is 0.342 e. The number of hydrogen-bond acceptors (Lipinski definition) is 2. The second-order valence-corrected chi connectivity index (χ2v) is 5.03. The first-order chi connectivity index (χ1) is 6.77. The molecule has 0 aromatic rings. The van der Waals surface area contributed by atoms with E-state index in [1.165, 1.54) is 18.6 Å². The van der Waals surface area contributed by atoms with E-state index in [9.17, 15) is 4.79 Å². The summed E-state index contributed by atoms with van der Waals surface area (Å²) < 4.78 is 0. The van der Waals surface area contributed by atoms with Crippen LogP contribution in [0.15, 0.2) is 0 Å². The molecule has 1 atom stereocenters. The number of likely N-dealkylation sites (tertiary alicyclic amines) is 1. The van der Waals surface area contributed by atoms with E-state index in [0.717, 1.165) is 25.9 Å². The average Bonchev–Trinajstić information content (AvgIpc) is 2.48. The molecule has 0 radical (unpaired) electrons. The smallest absolute Gasteiger partial charge is 0.222 e. The summed E-state index contributed by atoms with van der Waals surface area (Å²) in [6.45, 7) is 4.18. The van der Waals surface area contributed by atoms with Gasteiger partial charge in [-0.05, 0) is 30.8 Å². The van der Waals surface area contributed by atoms with Gasteiger partial charge in [0.25, 0.3) is 0 Å². The highest BCUT2D eigenvalue weighted by atomic mass is 32.2. The highest BCUT2D eigenvalue weighted by Crippen LogP contribution is 2.22. The Bertz CT molecular complexity index is 184. The van der Waals surface area contributed by atoms with Crippen LogP contribution in [0.4, 0.5) is 0 Å². The lowest BCUT2D eigenvalue weighted by molar-refractivity contribution is -0.127. The van der Waals surface area contributed by atoms with E-state index < -0.39 is 0 Å². The van der Waals surface area contributed by atoms with E-state index in [0.29, 0.717) is 11.8 Å². The molecule has 1 rings (SSSR count). The summed E-state index contributed by atoms with van der Waals surface area (Å²) in [6, 6.07) is 0. The molecule has 82 valence electrons. The molecule has 1 unspecified atom stereocenters. The molecule has 0 aromatic carbocycles. The van der Waals surface area contributed by atoms with Gasteiger partial charge in [0.1, 0.15) is 0 Å². The first-order valence-electron chi connectivity index (χ1n) is 5.54. The maximum atomic E-state index is 11.6. The topological polar surface area (TPSA) is 20.3 Å². The van der Waals surface area contributed by atoms with Gasteiger partial charge in [-0.15, -0.1) is 0 Å². The Morgan fingerprint density at radius 3 is 3.00 bits per heavy atom. The normalized spacial score (nSPS) is 22.0. The van der Waals surface area contributed by atoms with Crippen LogP contribution in [0.2, 0.25) is 0 Å². The third kappa shape index (κ3) is 3.52. The number of hydrogen-bond donors (Lipinski definition) is 0. The minimum atomic E-state index is 0.379. The van der Waals surface area contributed by atoms with Crippen LogP contribution in [0.5, 0.6) is 0 Å². The van der Waals surface area contributed by atoms with Gasteiger partial charge in [-0.2, -0.15) is 11.8 Å². The summed E-state index contributed by atoms with van der Waals surface area (Å²) >= 11 is 1.86. The molecule has 0 aromatic heterocycles. The molecule has 0 spiro atoms. The molecule has 1 saturated heterocycles. The van der Waals surface area contributed by atoms with Gasteiger partial charge in [-0.25, -0.2) is 0 Å². The summed E-state index contributed by atoms with van der Waals surface area (Å²) in [5, 5.41) is 0. The standard InChI is InChI=1S/C11H21NOS/c1-3-5-10-8-11(13)12(9-10)6-4-7-14-2/h10H,3-9H2,1-2H3. The van der Waals surface area contributed by atoms with Gasteiger partial charge in [-0.3, -0.25) is 4.79 Å². The van der Waals surface area contributed by atoms with Crippen LogP contribution in [0.25, 0.3) is 0 Å². The van der Waals surface area contributed by atoms with Crippen LogP contribution < -0.4 is 0 Å². The fourth-order valence-electron chi connectivity index (χ4n) is 2.07. The Morgan fingerprint density at radius 2 is 2.36 bits per heavy atom. The molecular formula is C11H21NOS. The number of thioether (sulfide) groups is 1. The van der Waals surface area contributed by atoms with E-state index in [-0.39, 0.29) is 0 Å². The maximum Gasteiger partial charge on any atom is 0.222 e. The van der Waals surface area contributed by atoms with Crippen molar-refractivity contribution < 1.29 is 4.79 Å². The Hall–Kier alpha value is -0.180. The lowest BCUT2D eigenvalue weighted by Crippen LogP contribution is -2.26. The lowest BCUT2D eigenvalue weighted by atomic mass is 10.0. The second kappa shape index (κ2) is 6.33. The average molecular weight is 215 g/mol. The number of amides is 1. The van der Waals surface area contributed by atoms with Gasteiger partial charge in [0.2, 0.25) is 5.91 Å². The Kier molecular flexibility index (Phi) is 5.38. The predicted octanol–water partition coefficient (Wildman–Crippen LogP) is 2.39. The van der Waals surface area contributed by atoms with Crippen LogP contribution in [0.3, 0.4) is 0 Å². The van der Waals surface area contributed by atoms with Crippen LogP contribution in [0.1, 0.15) is 32.6 Å². The molecule has 1 amide bonds. The van der Waals surface area contributed by atoms with Gasteiger partial charge >= 0.3 is 0 Å². The van der Waals surface area contributed by atoms with Crippen molar-refractivity contribution in [3.8, 4) is 0 Å². The summed E-state index contributed by atoms with van der Waals surface area (Å²) in [6.07, 6.45) is 6.48.